The average molecular weight is 370 g/mol. The predicted molar refractivity (Wildman–Crippen MR) is 94.7 cm³/mol. The Balaban J connectivity index is 0.00000225. The van der Waals surface area contributed by atoms with Crippen LogP contribution in [0, 0.1) is 0 Å². The lowest BCUT2D eigenvalue weighted by atomic mass is 10.1. The Kier molecular flexibility index (Phi) is 7.04. The molecule has 138 valence electrons. The predicted octanol–water partition coefficient (Wildman–Crippen LogP) is -0.0729. The van der Waals surface area contributed by atoms with Crippen LogP contribution >= 0.6 is 12.4 Å². The molecule has 2 aliphatic heterocycles. The van der Waals surface area contributed by atoms with Crippen LogP contribution in [0.1, 0.15) is 12.8 Å². The van der Waals surface area contributed by atoms with Crippen LogP contribution in [0.4, 0.5) is 0 Å². The molecule has 8 heteroatoms. The molecule has 7 nitrogen and oxygen atoms in total. The number of hydrogen-bond acceptors (Lipinski definition) is 5. The summed E-state index contributed by atoms with van der Waals surface area (Å²) in [6, 6.07) is 8.91. The van der Waals surface area contributed by atoms with Crippen LogP contribution in [-0.4, -0.2) is 66.2 Å². The number of carbonyl (C=O) groups is 2. The first-order valence-electron chi connectivity index (χ1n) is 8.29. The van der Waals surface area contributed by atoms with Gasteiger partial charge < -0.3 is 25.4 Å². The fourth-order valence-corrected chi connectivity index (χ4v) is 3.09. The summed E-state index contributed by atoms with van der Waals surface area (Å²) >= 11 is 0. The van der Waals surface area contributed by atoms with Gasteiger partial charge in [-0.25, -0.2) is 0 Å². The molecule has 2 saturated heterocycles. The highest BCUT2D eigenvalue weighted by Crippen LogP contribution is 2.14. The zero-order chi connectivity index (χ0) is 16.9. The number of amides is 2. The molecule has 0 radical (unpaired) electrons. The number of nitrogens with one attached hydrogen (secondary N) is 2. The normalized spacial score (nSPS) is 25.6. The third kappa shape index (κ3) is 5.32. The topological polar surface area (TPSA) is 90.9 Å². The first-order chi connectivity index (χ1) is 11.6. The number of β-amino-alcohol motifs (C(OH)–C–C–N with tert-alkyl or cyclic N) is 1. The molecule has 1 aromatic carbocycles. The number of nitrogens with zero attached hydrogens (tertiary/aromatic N) is 1. The van der Waals surface area contributed by atoms with E-state index in [1.54, 1.807) is 4.90 Å². The number of halogens is 1. The zero-order valence-corrected chi connectivity index (χ0v) is 14.7. The van der Waals surface area contributed by atoms with Crippen molar-refractivity contribution in [3.63, 3.8) is 0 Å². The number of aliphatic hydroxyl groups is 1. The van der Waals surface area contributed by atoms with Crippen LogP contribution < -0.4 is 15.4 Å². The van der Waals surface area contributed by atoms with Gasteiger partial charge in [-0.15, -0.1) is 12.4 Å². The molecule has 3 unspecified atom stereocenters. The van der Waals surface area contributed by atoms with Crippen LogP contribution in [0.25, 0.3) is 0 Å². The molecular weight excluding hydrogens is 346 g/mol. The van der Waals surface area contributed by atoms with Crippen molar-refractivity contribution in [1.82, 2.24) is 15.5 Å². The standard InChI is InChI=1S/C17H23N3O4.ClH/c21-13-9-15(18-10-13)17(23)19-12-8-16(22)20(11-12)6-7-24-14-4-2-1-3-5-14;/h1-5,12-13,15,18,21H,6-11H2,(H,19,23);1H. The van der Waals surface area contributed by atoms with Crippen LogP contribution in [0.3, 0.4) is 0 Å². The second-order valence-electron chi connectivity index (χ2n) is 6.26. The molecule has 2 aliphatic rings. The third-order valence-corrected chi connectivity index (χ3v) is 4.36. The van der Waals surface area contributed by atoms with Crippen LogP contribution in [0.5, 0.6) is 5.75 Å². The first kappa shape index (κ1) is 19.5. The second-order valence-corrected chi connectivity index (χ2v) is 6.26. The maximum atomic E-state index is 12.1. The number of rotatable bonds is 6. The van der Waals surface area contributed by atoms with E-state index in [1.165, 1.54) is 0 Å². The lowest BCUT2D eigenvalue weighted by molar-refractivity contribution is -0.128. The average Bonchev–Trinajstić information content (AvgIpc) is 3.15. The summed E-state index contributed by atoms with van der Waals surface area (Å²) in [5, 5.41) is 15.3. The van der Waals surface area contributed by atoms with Crippen LogP contribution in [0.15, 0.2) is 30.3 Å². The second kappa shape index (κ2) is 9.03. The number of para-hydroxylation sites is 1. The molecule has 0 aromatic heterocycles. The fraction of sp³-hybridized carbons (Fsp3) is 0.529. The SMILES string of the molecule is Cl.O=C(NC1CC(=O)N(CCOc2ccccc2)C1)C1CC(O)CN1. The summed E-state index contributed by atoms with van der Waals surface area (Å²) in [6.45, 7) is 1.86. The quantitative estimate of drug-likeness (QED) is 0.653. The minimum atomic E-state index is -0.474. The molecular formula is C17H24ClN3O4. The monoisotopic (exact) mass is 369 g/mol. The van der Waals surface area contributed by atoms with Gasteiger partial charge in [0, 0.05) is 19.5 Å². The fourth-order valence-electron chi connectivity index (χ4n) is 3.09. The molecule has 2 amide bonds. The van der Waals surface area contributed by atoms with Gasteiger partial charge in [0.15, 0.2) is 0 Å². The lowest BCUT2D eigenvalue weighted by Gasteiger charge is -2.18. The summed E-state index contributed by atoms with van der Waals surface area (Å²) in [4.78, 5) is 25.9. The van der Waals surface area contributed by atoms with Gasteiger partial charge in [-0.2, -0.15) is 0 Å². The maximum absolute atomic E-state index is 12.1. The van der Waals surface area contributed by atoms with Crippen molar-refractivity contribution in [2.75, 3.05) is 26.2 Å². The number of likely N-dealkylation sites (tertiary alicyclic amines) is 1. The Morgan fingerprint density at radius 2 is 2.12 bits per heavy atom. The number of hydrogen-bond donors (Lipinski definition) is 3. The number of carbonyl (C=O) groups excluding carboxylic acids is 2. The van der Waals surface area contributed by atoms with E-state index in [0.29, 0.717) is 39.1 Å². The van der Waals surface area contributed by atoms with Crippen molar-refractivity contribution < 1.29 is 19.4 Å². The Hall–Kier alpha value is -1.83. The molecule has 0 spiro atoms. The van der Waals surface area contributed by atoms with Gasteiger partial charge in [-0.3, -0.25) is 9.59 Å². The van der Waals surface area contributed by atoms with E-state index >= 15 is 0 Å². The van der Waals surface area contributed by atoms with Crippen molar-refractivity contribution in [2.24, 2.45) is 0 Å². The summed E-state index contributed by atoms with van der Waals surface area (Å²) in [6.07, 6.45) is 0.255. The van der Waals surface area contributed by atoms with E-state index in [4.69, 9.17) is 4.74 Å². The van der Waals surface area contributed by atoms with E-state index in [1.807, 2.05) is 30.3 Å². The summed E-state index contributed by atoms with van der Waals surface area (Å²) in [5.74, 6) is 0.656. The molecule has 0 aliphatic carbocycles. The molecule has 3 N–H and O–H groups in total. The Bertz CT molecular complexity index is 587. The lowest BCUT2D eigenvalue weighted by Crippen LogP contribution is -2.46. The summed E-state index contributed by atoms with van der Waals surface area (Å²) in [5.41, 5.74) is 0. The van der Waals surface area contributed by atoms with Gasteiger partial charge in [0.1, 0.15) is 12.4 Å². The number of ether oxygens (including phenoxy) is 1. The highest BCUT2D eigenvalue weighted by Gasteiger charge is 2.34. The van der Waals surface area contributed by atoms with Gasteiger partial charge >= 0.3 is 0 Å². The van der Waals surface area contributed by atoms with Crippen molar-refractivity contribution >= 4 is 24.2 Å². The van der Waals surface area contributed by atoms with Crippen molar-refractivity contribution in [3.05, 3.63) is 30.3 Å². The molecule has 2 fully saturated rings. The van der Waals surface area contributed by atoms with Crippen molar-refractivity contribution in [1.29, 1.82) is 0 Å². The molecule has 0 saturated carbocycles. The number of benzene rings is 1. The van der Waals surface area contributed by atoms with E-state index in [2.05, 4.69) is 10.6 Å². The van der Waals surface area contributed by atoms with Crippen LogP contribution in [-0.2, 0) is 9.59 Å². The van der Waals surface area contributed by atoms with E-state index in [-0.39, 0.29) is 36.3 Å². The van der Waals surface area contributed by atoms with Crippen molar-refractivity contribution in [3.8, 4) is 5.75 Å². The van der Waals surface area contributed by atoms with E-state index < -0.39 is 6.10 Å². The van der Waals surface area contributed by atoms with Gasteiger partial charge in [0.2, 0.25) is 11.8 Å². The molecule has 1 aromatic rings. The smallest absolute Gasteiger partial charge is 0.237 e. The van der Waals surface area contributed by atoms with Gasteiger partial charge in [-0.1, -0.05) is 18.2 Å². The largest absolute Gasteiger partial charge is 0.492 e. The minimum Gasteiger partial charge on any atom is -0.492 e. The minimum absolute atomic E-state index is 0. The number of aliphatic hydroxyl groups excluding tert-OH is 1. The van der Waals surface area contributed by atoms with Crippen molar-refractivity contribution in [2.45, 2.75) is 31.0 Å². The molecule has 3 atom stereocenters. The van der Waals surface area contributed by atoms with Gasteiger partial charge in [0.05, 0.1) is 24.7 Å². The van der Waals surface area contributed by atoms with Gasteiger partial charge in [-0.05, 0) is 18.6 Å². The summed E-state index contributed by atoms with van der Waals surface area (Å²) in [7, 11) is 0. The van der Waals surface area contributed by atoms with Crippen LogP contribution in [0.2, 0.25) is 0 Å². The molecule has 3 rings (SSSR count). The highest BCUT2D eigenvalue weighted by molar-refractivity contribution is 5.85. The Morgan fingerprint density at radius 1 is 1.36 bits per heavy atom. The highest BCUT2D eigenvalue weighted by atomic mass is 35.5. The molecule has 0 bridgehead atoms. The van der Waals surface area contributed by atoms with Gasteiger partial charge in [0.25, 0.3) is 0 Å². The zero-order valence-electron chi connectivity index (χ0n) is 13.9. The Labute approximate surface area is 153 Å². The maximum Gasteiger partial charge on any atom is 0.237 e. The van der Waals surface area contributed by atoms with E-state index in [9.17, 15) is 14.7 Å². The van der Waals surface area contributed by atoms with E-state index in [0.717, 1.165) is 5.75 Å². The summed E-state index contributed by atoms with van der Waals surface area (Å²) < 4.78 is 5.61. The molecule has 25 heavy (non-hydrogen) atoms. The molecule has 2 heterocycles. The third-order valence-electron chi connectivity index (χ3n) is 4.36. The first-order valence-corrected chi connectivity index (χ1v) is 8.29. The Morgan fingerprint density at radius 3 is 2.80 bits per heavy atom.